The van der Waals surface area contributed by atoms with Gasteiger partial charge in [0.2, 0.25) is 5.91 Å². The molecule has 1 aliphatic heterocycles. The number of halogens is 1. The van der Waals surface area contributed by atoms with Crippen molar-refractivity contribution in [2.24, 2.45) is 5.92 Å². The lowest BCUT2D eigenvalue weighted by atomic mass is 10.0. The maximum absolute atomic E-state index is 12.2. The number of rotatable bonds is 6. The summed E-state index contributed by atoms with van der Waals surface area (Å²) in [6.45, 7) is 7.37. The van der Waals surface area contributed by atoms with E-state index in [2.05, 4.69) is 18.7 Å². The fourth-order valence-corrected chi connectivity index (χ4v) is 3.20. The third kappa shape index (κ3) is 5.20. The van der Waals surface area contributed by atoms with E-state index in [0.29, 0.717) is 17.4 Å². The van der Waals surface area contributed by atoms with Crippen molar-refractivity contribution in [2.75, 3.05) is 32.8 Å². The van der Waals surface area contributed by atoms with Crippen LogP contribution < -0.4 is 0 Å². The van der Waals surface area contributed by atoms with Gasteiger partial charge < -0.3 is 10.0 Å². The van der Waals surface area contributed by atoms with Crippen molar-refractivity contribution in [3.8, 4) is 0 Å². The summed E-state index contributed by atoms with van der Waals surface area (Å²) in [6, 6.07) is 7.59. The Morgan fingerprint density at radius 3 is 2.52 bits per heavy atom. The van der Waals surface area contributed by atoms with Crippen LogP contribution in [0.25, 0.3) is 0 Å². The van der Waals surface area contributed by atoms with Crippen LogP contribution in [0.15, 0.2) is 24.3 Å². The van der Waals surface area contributed by atoms with Gasteiger partial charge in [0.1, 0.15) is 0 Å². The molecule has 1 fully saturated rings. The zero-order valence-electron chi connectivity index (χ0n) is 14.0. The van der Waals surface area contributed by atoms with Gasteiger partial charge in [0.05, 0.1) is 12.6 Å². The molecule has 1 aliphatic rings. The average Bonchev–Trinajstić information content (AvgIpc) is 2.54. The van der Waals surface area contributed by atoms with E-state index in [1.165, 1.54) is 0 Å². The lowest BCUT2D eigenvalue weighted by Crippen LogP contribution is -2.50. The molecule has 4 nitrogen and oxygen atoms in total. The molecule has 1 amide bonds. The van der Waals surface area contributed by atoms with Gasteiger partial charge in [-0.1, -0.05) is 37.6 Å². The summed E-state index contributed by atoms with van der Waals surface area (Å²) in [4.78, 5) is 16.4. The first-order valence-electron chi connectivity index (χ1n) is 8.39. The minimum absolute atomic E-state index is 0.0541. The van der Waals surface area contributed by atoms with Gasteiger partial charge in [-0.3, -0.25) is 9.69 Å². The normalized spacial score (nSPS) is 17.5. The third-order valence-electron chi connectivity index (χ3n) is 4.45. The highest BCUT2D eigenvalue weighted by molar-refractivity contribution is 6.30. The minimum Gasteiger partial charge on any atom is -0.394 e. The van der Waals surface area contributed by atoms with Crippen molar-refractivity contribution in [3.05, 3.63) is 34.9 Å². The Morgan fingerprint density at radius 2 is 1.96 bits per heavy atom. The van der Waals surface area contributed by atoms with Crippen molar-refractivity contribution in [1.29, 1.82) is 0 Å². The lowest BCUT2D eigenvalue weighted by Gasteiger charge is -2.39. The minimum atomic E-state index is -0.0541. The summed E-state index contributed by atoms with van der Waals surface area (Å²) in [5, 5.41) is 10.5. The molecule has 1 aromatic rings. The molecule has 1 heterocycles. The first-order chi connectivity index (χ1) is 11.0. The largest absolute Gasteiger partial charge is 0.394 e. The van der Waals surface area contributed by atoms with E-state index in [-0.39, 0.29) is 18.6 Å². The van der Waals surface area contributed by atoms with Crippen LogP contribution in [0.3, 0.4) is 0 Å². The zero-order valence-corrected chi connectivity index (χ0v) is 14.8. The molecule has 1 atom stereocenters. The molecule has 0 saturated carbocycles. The number of aliphatic hydroxyl groups is 1. The molecule has 0 bridgehead atoms. The molecule has 1 N–H and O–H groups in total. The molecular weight excluding hydrogens is 312 g/mol. The molecule has 1 saturated heterocycles. The Labute approximate surface area is 144 Å². The Hall–Kier alpha value is -1.10. The SMILES string of the molecule is CC(C)CCC(=O)N1CCN([C@H](CO)c2cccc(Cl)c2)CC1. The molecule has 0 radical (unpaired) electrons. The van der Waals surface area contributed by atoms with Gasteiger partial charge in [-0.25, -0.2) is 0 Å². The Balaban J connectivity index is 1.91. The highest BCUT2D eigenvalue weighted by Gasteiger charge is 2.26. The van der Waals surface area contributed by atoms with Gasteiger partial charge in [-0.15, -0.1) is 0 Å². The van der Waals surface area contributed by atoms with Crippen LogP contribution in [-0.4, -0.2) is 53.6 Å². The number of amides is 1. The van der Waals surface area contributed by atoms with E-state index >= 15 is 0 Å². The van der Waals surface area contributed by atoms with Crippen LogP contribution in [0.4, 0.5) is 0 Å². The van der Waals surface area contributed by atoms with E-state index in [1.54, 1.807) is 0 Å². The predicted molar refractivity (Wildman–Crippen MR) is 93.5 cm³/mol. The Bertz CT molecular complexity index is 513. The number of piperazine rings is 1. The molecule has 23 heavy (non-hydrogen) atoms. The smallest absolute Gasteiger partial charge is 0.222 e. The van der Waals surface area contributed by atoms with Gasteiger partial charge in [0.25, 0.3) is 0 Å². The van der Waals surface area contributed by atoms with E-state index in [1.807, 2.05) is 29.2 Å². The van der Waals surface area contributed by atoms with Crippen molar-refractivity contribution >= 4 is 17.5 Å². The summed E-state index contributed by atoms with van der Waals surface area (Å²) < 4.78 is 0. The van der Waals surface area contributed by atoms with E-state index in [0.717, 1.165) is 38.2 Å². The van der Waals surface area contributed by atoms with E-state index in [9.17, 15) is 9.90 Å². The number of hydrogen-bond donors (Lipinski definition) is 1. The van der Waals surface area contributed by atoms with Gasteiger partial charge in [0, 0.05) is 37.6 Å². The van der Waals surface area contributed by atoms with E-state index in [4.69, 9.17) is 11.6 Å². The standard InChI is InChI=1S/C18H27ClN2O2/c1-14(2)6-7-18(23)21-10-8-20(9-11-21)17(13-22)15-4-3-5-16(19)12-15/h3-5,12,14,17,22H,6-11,13H2,1-2H3/t17-/m1/s1. The number of hydrogen-bond acceptors (Lipinski definition) is 3. The molecule has 2 rings (SSSR count). The second kappa shape index (κ2) is 8.67. The van der Waals surface area contributed by atoms with Crippen LogP contribution in [-0.2, 0) is 4.79 Å². The number of benzene rings is 1. The van der Waals surface area contributed by atoms with Crippen LogP contribution >= 0.6 is 11.6 Å². The van der Waals surface area contributed by atoms with Crippen LogP contribution in [0.5, 0.6) is 0 Å². The second-order valence-electron chi connectivity index (χ2n) is 6.60. The third-order valence-corrected chi connectivity index (χ3v) is 4.68. The molecular formula is C18H27ClN2O2. The van der Waals surface area contributed by atoms with Crippen molar-refractivity contribution in [3.63, 3.8) is 0 Å². The number of carbonyl (C=O) groups excluding carboxylic acids is 1. The van der Waals surface area contributed by atoms with Gasteiger partial charge in [-0.05, 0) is 30.0 Å². The number of nitrogens with zero attached hydrogens (tertiary/aromatic N) is 2. The highest BCUT2D eigenvalue weighted by atomic mass is 35.5. The summed E-state index contributed by atoms with van der Waals surface area (Å²) in [5.41, 5.74) is 1.03. The fraction of sp³-hybridized carbons (Fsp3) is 0.611. The lowest BCUT2D eigenvalue weighted by molar-refractivity contribution is -0.133. The van der Waals surface area contributed by atoms with Crippen LogP contribution in [0.1, 0.15) is 38.3 Å². The molecule has 0 aliphatic carbocycles. The highest BCUT2D eigenvalue weighted by Crippen LogP contribution is 2.24. The average molecular weight is 339 g/mol. The van der Waals surface area contributed by atoms with E-state index < -0.39 is 0 Å². The summed E-state index contributed by atoms with van der Waals surface area (Å²) in [6.07, 6.45) is 1.58. The maximum Gasteiger partial charge on any atom is 0.222 e. The summed E-state index contributed by atoms with van der Waals surface area (Å²) in [7, 11) is 0. The quantitative estimate of drug-likeness (QED) is 0.867. The summed E-state index contributed by atoms with van der Waals surface area (Å²) in [5.74, 6) is 0.809. The van der Waals surface area contributed by atoms with Crippen molar-refractivity contribution in [2.45, 2.75) is 32.7 Å². The monoisotopic (exact) mass is 338 g/mol. The molecule has 0 unspecified atom stereocenters. The molecule has 0 spiro atoms. The molecule has 5 heteroatoms. The first-order valence-corrected chi connectivity index (χ1v) is 8.77. The molecule has 128 valence electrons. The second-order valence-corrected chi connectivity index (χ2v) is 7.04. The first kappa shape index (κ1) is 18.2. The van der Waals surface area contributed by atoms with Gasteiger partial charge in [-0.2, -0.15) is 0 Å². The van der Waals surface area contributed by atoms with Crippen LogP contribution in [0.2, 0.25) is 5.02 Å². The maximum atomic E-state index is 12.2. The number of aliphatic hydroxyl groups excluding tert-OH is 1. The van der Waals surface area contributed by atoms with Crippen molar-refractivity contribution < 1.29 is 9.90 Å². The van der Waals surface area contributed by atoms with Crippen molar-refractivity contribution in [1.82, 2.24) is 9.80 Å². The Morgan fingerprint density at radius 1 is 1.26 bits per heavy atom. The zero-order chi connectivity index (χ0) is 16.8. The van der Waals surface area contributed by atoms with Gasteiger partial charge >= 0.3 is 0 Å². The fourth-order valence-electron chi connectivity index (χ4n) is 3.00. The summed E-state index contributed by atoms with van der Waals surface area (Å²) >= 11 is 6.06. The molecule has 1 aromatic carbocycles. The van der Waals surface area contributed by atoms with Crippen LogP contribution in [0, 0.1) is 5.92 Å². The van der Waals surface area contributed by atoms with Gasteiger partial charge in [0.15, 0.2) is 0 Å². The predicted octanol–water partition coefficient (Wildman–Crippen LogP) is 2.95. The Kier molecular flexibility index (Phi) is 6.88. The topological polar surface area (TPSA) is 43.8 Å². The number of carbonyl (C=O) groups is 1. The molecule has 0 aromatic heterocycles.